The fraction of sp³-hybridized carbons (Fsp3) is 0.667. The summed E-state index contributed by atoms with van der Waals surface area (Å²) in [7, 11) is 0. The first-order chi connectivity index (χ1) is 8.56. The van der Waals surface area contributed by atoms with E-state index >= 15 is 0 Å². The normalized spacial score (nSPS) is 40.6. The number of guanidine groups is 1. The smallest absolute Gasteiger partial charge is 0.290 e. The molecule has 98 valence electrons. The van der Waals surface area contributed by atoms with Gasteiger partial charge in [0.15, 0.2) is 0 Å². The monoisotopic (exact) mass is 255 g/mol. The lowest BCUT2D eigenvalue weighted by atomic mass is 10.2. The van der Waals surface area contributed by atoms with Crippen molar-refractivity contribution in [1.82, 2.24) is 10.2 Å². The SMILES string of the molecule is N=C(N)/N=C1\C(=O)N[C@@H]2OC[C@H]3O[C@H](C[C@@H]3O)N12. The van der Waals surface area contributed by atoms with Crippen LogP contribution >= 0.6 is 0 Å². The van der Waals surface area contributed by atoms with Crippen LogP contribution in [0.15, 0.2) is 4.99 Å². The number of amides is 1. The Kier molecular flexibility index (Phi) is 2.47. The van der Waals surface area contributed by atoms with Gasteiger partial charge in [0.25, 0.3) is 5.91 Å². The molecule has 5 N–H and O–H groups in total. The van der Waals surface area contributed by atoms with Crippen molar-refractivity contribution in [3.63, 3.8) is 0 Å². The summed E-state index contributed by atoms with van der Waals surface area (Å²) in [5.41, 5.74) is 5.18. The van der Waals surface area contributed by atoms with Crippen molar-refractivity contribution >= 4 is 17.7 Å². The molecule has 0 unspecified atom stereocenters. The van der Waals surface area contributed by atoms with Gasteiger partial charge in [-0.15, -0.1) is 0 Å². The molecular weight excluding hydrogens is 242 g/mol. The van der Waals surface area contributed by atoms with Crippen LogP contribution in [0.1, 0.15) is 6.42 Å². The zero-order valence-electron chi connectivity index (χ0n) is 9.37. The summed E-state index contributed by atoms with van der Waals surface area (Å²) in [6.45, 7) is 0.187. The first-order valence-electron chi connectivity index (χ1n) is 5.53. The third-order valence-corrected chi connectivity index (χ3v) is 3.11. The molecule has 3 heterocycles. The topological polar surface area (TPSA) is 133 Å². The Bertz CT molecular complexity index is 439. The van der Waals surface area contributed by atoms with Gasteiger partial charge in [-0.25, -0.2) is 0 Å². The molecule has 1 amide bonds. The van der Waals surface area contributed by atoms with Gasteiger partial charge in [-0.1, -0.05) is 0 Å². The van der Waals surface area contributed by atoms with Gasteiger partial charge < -0.3 is 25.6 Å². The molecule has 0 spiro atoms. The largest absolute Gasteiger partial charge is 0.390 e. The molecule has 0 saturated carbocycles. The van der Waals surface area contributed by atoms with Crippen LogP contribution in [0, 0.1) is 5.41 Å². The third kappa shape index (κ3) is 1.64. The Morgan fingerprint density at radius 1 is 1.67 bits per heavy atom. The maximum absolute atomic E-state index is 11.7. The molecule has 0 aromatic rings. The van der Waals surface area contributed by atoms with Gasteiger partial charge in [-0.2, -0.15) is 4.99 Å². The molecule has 0 aliphatic carbocycles. The number of amidine groups is 1. The number of hydrogen-bond acceptors (Lipinski definition) is 5. The van der Waals surface area contributed by atoms with Crippen molar-refractivity contribution < 1.29 is 19.4 Å². The average Bonchev–Trinajstić information content (AvgIpc) is 2.70. The van der Waals surface area contributed by atoms with E-state index in [-0.39, 0.29) is 12.4 Å². The number of ether oxygens (including phenoxy) is 2. The second-order valence-corrected chi connectivity index (χ2v) is 4.32. The van der Waals surface area contributed by atoms with Crippen LogP contribution in [-0.2, 0) is 14.3 Å². The second kappa shape index (κ2) is 3.90. The lowest BCUT2D eigenvalue weighted by Gasteiger charge is -2.27. The minimum Gasteiger partial charge on any atom is -0.390 e. The lowest BCUT2D eigenvalue weighted by Crippen LogP contribution is -2.46. The molecule has 3 aliphatic rings. The van der Waals surface area contributed by atoms with Gasteiger partial charge in [0.2, 0.25) is 18.1 Å². The van der Waals surface area contributed by atoms with E-state index in [1.807, 2.05) is 0 Å². The Morgan fingerprint density at radius 2 is 2.44 bits per heavy atom. The quantitative estimate of drug-likeness (QED) is 0.279. The van der Waals surface area contributed by atoms with E-state index in [0.29, 0.717) is 6.42 Å². The van der Waals surface area contributed by atoms with Crippen LogP contribution in [0.5, 0.6) is 0 Å². The van der Waals surface area contributed by atoms with Crippen LogP contribution in [0.25, 0.3) is 0 Å². The van der Waals surface area contributed by atoms with Gasteiger partial charge in [0, 0.05) is 6.42 Å². The fourth-order valence-corrected chi connectivity index (χ4v) is 2.33. The number of aliphatic imine (C=N–C) groups is 1. The number of carbonyl (C=O) groups is 1. The number of rotatable bonds is 0. The van der Waals surface area contributed by atoms with Crippen molar-refractivity contribution in [1.29, 1.82) is 5.41 Å². The molecule has 3 aliphatic heterocycles. The average molecular weight is 255 g/mol. The van der Waals surface area contributed by atoms with Gasteiger partial charge in [0.05, 0.1) is 12.7 Å². The highest BCUT2D eigenvalue weighted by Crippen LogP contribution is 2.30. The van der Waals surface area contributed by atoms with E-state index in [2.05, 4.69) is 10.3 Å². The summed E-state index contributed by atoms with van der Waals surface area (Å²) in [4.78, 5) is 16.9. The molecule has 0 aromatic carbocycles. The molecule has 3 rings (SSSR count). The Balaban J connectivity index is 1.94. The third-order valence-electron chi connectivity index (χ3n) is 3.11. The number of fused-ring (bicyclic) bond motifs is 4. The first kappa shape index (κ1) is 11.4. The highest BCUT2D eigenvalue weighted by Gasteiger charge is 2.50. The molecule has 3 saturated heterocycles. The number of nitrogens with two attached hydrogens (primary N) is 1. The molecule has 3 fully saturated rings. The van der Waals surface area contributed by atoms with Crippen molar-refractivity contribution in [2.75, 3.05) is 6.61 Å². The minimum atomic E-state index is -0.682. The van der Waals surface area contributed by atoms with Crippen LogP contribution in [0.2, 0.25) is 0 Å². The van der Waals surface area contributed by atoms with E-state index < -0.39 is 36.7 Å². The van der Waals surface area contributed by atoms with Crippen LogP contribution in [0.4, 0.5) is 0 Å². The summed E-state index contributed by atoms with van der Waals surface area (Å²) in [5, 5.41) is 19.4. The maximum atomic E-state index is 11.7. The zero-order valence-corrected chi connectivity index (χ0v) is 9.37. The van der Waals surface area contributed by atoms with E-state index in [0.717, 1.165) is 0 Å². The summed E-state index contributed by atoms with van der Waals surface area (Å²) in [6, 6.07) is 0. The Hall–Kier alpha value is -1.71. The Labute approximate surface area is 102 Å². The van der Waals surface area contributed by atoms with E-state index in [4.69, 9.17) is 20.6 Å². The predicted molar refractivity (Wildman–Crippen MR) is 58.4 cm³/mol. The second-order valence-electron chi connectivity index (χ2n) is 4.32. The lowest BCUT2D eigenvalue weighted by molar-refractivity contribution is -0.118. The van der Waals surface area contributed by atoms with Crippen LogP contribution in [0.3, 0.4) is 0 Å². The molecule has 0 aromatic heterocycles. The molecule has 9 nitrogen and oxygen atoms in total. The molecule has 4 atom stereocenters. The van der Waals surface area contributed by atoms with Crippen molar-refractivity contribution in [2.24, 2.45) is 10.7 Å². The summed E-state index contributed by atoms with van der Waals surface area (Å²) >= 11 is 0. The Morgan fingerprint density at radius 3 is 3.17 bits per heavy atom. The number of carbonyl (C=O) groups excluding carboxylic acids is 1. The number of nitrogens with one attached hydrogen (secondary N) is 2. The molecular formula is C9H13N5O4. The summed E-state index contributed by atoms with van der Waals surface area (Å²) in [5.74, 6) is -0.967. The zero-order chi connectivity index (χ0) is 12.9. The first-order valence-corrected chi connectivity index (χ1v) is 5.53. The maximum Gasteiger partial charge on any atom is 0.290 e. The van der Waals surface area contributed by atoms with E-state index in [9.17, 15) is 9.90 Å². The standard InChI is InChI=1S/C9H13N5O4/c10-8(11)12-6-7(16)13-9-14(6)5-1-3(15)4(18-5)2-17-9/h3-5,9,15H,1-2H2,(H3,10,11)(H,13,16)/b12-6+/t3-,4+,5+,9-/m0/s1. The molecule has 2 bridgehead atoms. The number of nitrogens with zero attached hydrogens (tertiary/aromatic N) is 2. The molecule has 9 heteroatoms. The summed E-state index contributed by atoms with van der Waals surface area (Å²) < 4.78 is 11.0. The van der Waals surface area contributed by atoms with Crippen LogP contribution < -0.4 is 11.1 Å². The van der Waals surface area contributed by atoms with Crippen molar-refractivity contribution in [3.05, 3.63) is 0 Å². The molecule has 18 heavy (non-hydrogen) atoms. The predicted octanol–water partition coefficient (Wildman–Crippen LogP) is -2.50. The van der Waals surface area contributed by atoms with E-state index in [1.54, 1.807) is 0 Å². The minimum absolute atomic E-state index is 0.0211. The van der Waals surface area contributed by atoms with Gasteiger partial charge in [-0.3, -0.25) is 15.1 Å². The number of aliphatic hydroxyl groups is 1. The van der Waals surface area contributed by atoms with E-state index in [1.165, 1.54) is 4.90 Å². The summed E-state index contributed by atoms with van der Waals surface area (Å²) in [6.07, 6.45) is -1.87. The number of aliphatic hydroxyl groups excluding tert-OH is 1. The van der Waals surface area contributed by atoms with Gasteiger partial charge >= 0.3 is 0 Å². The van der Waals surface area contributed by atoms with Crippen molar-refractivity contribution in [3.8, 4) is 0 Å². The van der Waals surface area contributed by atoms with Crippen molar-refractivity contribution in [2.45, 2.75) is 31.2 Å². The fourth-order valence-electron chi connectivity index (χ4n) is 2.33. The number of hydrogen-bond donors (Lipinski definition) is 4. The van der Waals surface area contributed by atoms with Gasteiger partial charge in [-0.05, 0) is 0 Å². The highest BCUT2D eigenvalue weighted by atomic mass is 16.6. The van der Waals surface area contributed by atoms with Gasteiger partial charge in [0.1, 0.15) is 12.3 Å². The van der Waals surface area contributed by atoms with Crippen LogP contribution in [-0.4, -0.2) is 59.1 Å². The highest BCUT2D eigenvalue weighted by molar-refractivity contribution is 6.41. The molecule has 0 radical (unpaired) electrons.